The quantitative estimate of drug-likeness (QED) is 0.868. The van der Waals surface area contributed by atoms with Gasteiger partial charge in [0.2, 0.25) is 15.9 Å². The molecule has 1 amide bonds. The number of carbonyl (C=O) groups excluding carboxylic acids is 1. The van der Waals surface area contributed by atoms with Gasteiger partial charge in [0.25, 0.3) is 0 Å². The van der Waals surface area contributed by atoms with Gasteiger partial charge in [0.15, 0.2) is 0 Å². The fourth-order valence-corrected chi connectivity index (χ4v) is 4.72. The van der Waals surface area contributed by atoms with Crippen LogP contribution in [0.3, 0.4) is 0 Å². The molecule has 1 aromatic rings. The SMILES string of the molecule is CC1C(=O)Nc2ccc(S(=O)(=O)N3CCCC3CO)cc21. The van der Waals surface area contributed by atoms with Gasteiger partial charge in [-0.2, -0.15) is 4.31 Å². The van der Waals surface area contributed by atoms with Crippen molar-refractivity contribution in [3.05, 3.63) is 23.8 Å². The van der Waals surface area contributed by atoms with Crippen LogP contribution in [0.15, 0.2) is 23.1 Å². The van der Waals surface area contributed by atoms with Crippen LogP contribution >= 0.6 is 0 Å². The molecule has 2 unspecified atom stereocenters. The van der Waals surface area contributed by atoms with Gasteiger partial charge >= 0.3 is 0 Å². The van der Waals surface area contributed by atoms with Crippen LogP contribution in [0.25, 0.3) is 0 Å². The standard InChI is InChI=1S/C14H18N2O4S/c1-9-12-7-11(4-5-13(12)15-14(9)18)21(19,20)16-6-2-3-10(16)8-17/h4-5,7,9-10,17H,2-3,6,8H2,1H3,(H,15,18). The van der Waals surface area contributed by atoms with Gasteiger partial charge in [0, 0.05) is 18.3 Å². The number of sulfonamides is 1. The Morgan fingerprint density at radius 2 is 2.19 bits per heavy atom. The summed E-state index contributed by atoms with van der Waals surface area (Å²) in [6.07, 6.45) is 1.43. The first kappa shape index (κ1) is 14.5. The van der Waals surface area contributed by atoms with E-state index < -0.39 is 10.0 Å². The summed E-state index contributed by atoms with van der Waals surface area (Å²) in [6.45, 7) is 2.02. The second-order valence-electron chi connectivity index (χ2n) is 5.55. The molecule has 0 spiro atoms. The molecule has 0 saturated carbocycles. The van der Waals surface area contributed by atoms with Gasteiger partial charge in [0.05, 0.1) is 17.4 Å². The van der Waals surface area contributed by atoms with E-state index in [-0.39, 0.29) is 29.4 Å². The summed E-state index contributed by atoms with van der Waals surface area (Å²) in [6, 6.07) is 4.37. The van der Waals surface area contributed by atoms with Crippen LogP contribution in [-0.4, -0.2) is 42.9 Å². The minimum absolute atomic E-state index is 0.117. The zero-order valence-electron chi connectivity index (χ0n) is 11.7. The molecule has 2 heterocycles. The first-order valence-electron chi connectivity index (χ1n) is 7.02. The van der Waals surface area contributed by atoms with Gasteiger partial charge in [-0.3, -0.25) is 4.79 Å². The number of aliphatic hydroxyl groups excluding tert-OH is 1. The summed E-state index contributed by atoms with van der Waals surface area (Å²) < 4.78 is 26.8. The monoisotopic (exact) mass is 310 g/mol. The van der Waals surface area contributed by atoms with Crippen LogP contribution in [0.2, 0.25) is 0 Å². The van der Waals surface area contributed by atoms with Gasteiger partial charge in [0.1, 0.15) is 0 Å². The van der Waals surface area contributed by atoms with Crippen LogP contribution in [-0.2, 0) is 14.8 Å². The van der Waals surface area contributed by atoms with Gasteiger partial charge < -0.3 is 10.4 Å². The second-order valence-corrected chi connectivity index (χ2v) is 7.44. The predicted molar refractivity (Wildman–Crippen MR) is 77.5 cm³/mol. The molecule has 0 aromatic heterocycles. The molecule has 2 atom stereocenters. The van der Waals surface area contributed by atoms with Crippen LogP contribution in [0.1, 0.15) is 31.2 Å². The van der Waals surface area contributed by atoms with Crippen molar-refractivity contribution >= 4 is 21.6 Å². The maximum atomic E-state index is 12.7. The number of anilines is 1. The zero-order chi connectivity index (χ0) is 15.2. The molecule has 6 nitrogen and oxygen atoms in total. The summed E-state index contributed by atoms with van der Waals surface area (Å²) in [5.41, 5.74) is 1.38. The number of amides is 1. The minimum atomic E-state index is -3.63. The highest BCUT2D eigenvalue weighted by Crippen LogP contribution is 2.35. The number of hydrogen-bond acceptors (Lipinski definition) is 4. The van der Waals surface area contributed by atoms with E-state index in [1.165, 1.54) is 10.4 Å². The van der Waals surface area contributed by atoms with Crippen molar-refractivity contribution in [3.8, 4) is 0 Å². The van der Waals surface area contributed by atoms with E-state index >= 15 is 0 Å². The molecule has 2 N–H and O–H groups in total. The molecular formula is C14H18N2O4S. The molecule has 1 fully saturated rings. The summed E-state index contributed by atoms with van der Waals surface area (Å²) >= 11 is 0. The molecule has 7 heteroatoms. The van der Waals surface area contributed by atoms with Crippen LogP contribution in [0.4, 0.5) is 5.69 Å². The van der Waals surface area contributed by atoms with E-state index in [0.717, 1.165) is 6.42 Å². The number of rotatable bonds is 3. The molecule has 1 aromatic carbocycles. The van der Waals surface area contributed by atoms with Crippen molar-refractivity contribution in [2.75, 3.05) is 18.5 Å². The third-order valence-electron chi connectivity index (χ3n) is 4.28. The average molecular weight is 310 g/mol. The molecule has 0 radical (unpaired) electrons. The molecule has 0 bridgehead atoms. The minimum Gasteiger partial charge on any atom is -0.395 e. The van der Waals surface area contributed by atoms with E-state index in [2.05, 4.69) is 5.32 Å². The normalized spacial score (nSPS) is 25.9. The fraction of sp³-hybridized carbons (Fsp3) is 0.500. The number of nitrogens with zero attached hydrogens (tertiary/aromatic N) is 1. The Bertz CT molecular complexity index is 686. The molecule has 114 valence electrons. The van der Waals surface area contributed by atoms with E-state index in [1.54, 1.807) is 19.1 Å². The second kappa shape index (κ2) is 5.08. The molecule has 2 aliphatic heterocycles. The predicted octanol–water partition coefficient (Wildman–Crippen LogP) is 0.888. The number of aliphatic hydroxyl groups is 1. The largest absolute Gasteiger partial charge is 0.395 e. The number of benzene rings is 1. The first-order chi connectivity index (χ1) is 9.95. The lowest BCUT2D eigenvalue weighted by Crippen LogP contribution is -2.37. The maximum absolute atomic E-state index is 12.7. The zero-order valence-corrected chi connectivity index (χ0v) is 12.6. The number of hydrogen-bond donors (Lipinski definition) is 2. The maximum Gasteiger partial charge on any atom is 0.243 e. The van der Waals surface area contributed by atoms with Crippen LogP contribution < -0.4 is 5.32 Å². The Morgan fingerprint density at radius 1 is 1.43 bits per heavy atom. The summed E-state index contributed by atoms with van der Waals surface area (Å²) in [5.74, 6) is -0.462. The van der Waals surface area contributed by atoms with Crippen molar-refractivity contribution in [3.63, 3.8) is 0 Å². The Balaban J connectivity index is 1.99. The van der Waals surface area contributed by atoms with Crippen molar-refractivity contribution in [2.24, 2.45) is 0 Å². The molecule has 21 heavy (non-hydrogen) atoms. The topological polar surface area (TPSA) is 86.7 Å². The van der Waals surface area contributed by atoms with E-state index in [4.69, 9.17) is 0 Å². The third kappa shape index (κ3) is 2.25. The van der Waals surface area contributed by atoms with E-state index in [9.17, 15) is 18.3 Å². The average Bonchev–Trinajstić information content (AvgIpc) is 3.05. The highest BCUT2D eigenvalue weighted by Gasteiger charge is 2.36. The van der Waals surface area contributed by atoms with Gasteiger partial charge in [-0.25, -0.2) is 8.42 Å². The lowest BCUT2D eigenvalue weighted by Gasteiger charge is -2.22. The molecule has 2 aliphatic rings. The van der Waals surface area contributed by atoms with Crippen molar-refractivity contribution in [1.82, 2.24) is 4.31 Å². The molecular weight excluding hydrogens is 292 g/mol. The number of nitrogens with one attached hydrogen (secondary N) is 1. The van der Waals surface area contributed by atoms with Gasteiger partial charge in [-0.15, -0.1) is 0 Å². The number of fused-ring (bicyclic) bond motifs is 1. The lowest BCUT2D eigenvalue weighted by atomic mass is 10.0. The van der Waals surface area contributed by atoms with Crippen molar-refractivity contribution in [1.29, 1.82) is 0 Å². The third-order valence-corrected chi connectivity index (χ3v) is 6.23. The highest BCUT2D eigenvalue weighted by molar-refractivity contribution is 7.89. The Labute approximate surface area is 123 Å². The van der Waals surface area contributed by atoms with Gasteiger partial charge in [-0.05, 0) is 43.5 Å². The summed E-state index contributed by atoms with van der Waals surface area (Å²) in [7, 11) is -3.63. The summed E-state index contributed by atoms with van der Waals surface area (Å²) in [5, 5.41) is 12.0. The van der Waals surface area contributed by atoms with E-state index in [1.807, 2.05) is 0 Å². The van der Waals surface area contributed by atoms with Gasteiger partial charge in [-0.1, -0.05) is 0 Å². The van der Waals surface area contributed by atoms with Crippen molar-refractivity contribution < 1.29 is 18.3 Å². The Kier molecular flexibility index (Phi) is 3.51. The molecule has 1 saturated heterocycles. The van der Waals surface area contributed by atoms with E-state index in [0.29, 0.717) is 24.2 Å². The van der Waals surface area contributed by atoms with Crippen LogP contribution in [0, 0.1) is 0 Å². The Morgan fingerprint density at radius 3 is 2.90 bits per heavy atom. The first-order valence-corrected chi connectivity index (χ1v) is 8.46. The molecule has 3 rings (SSSR count). The summed E-state index contributed by atoms with van der Waals surface area (Å²) in [4.78, 5) is 11.8. The fourth-order valence-electron chi connectivity index (χ4n) is 3.00. The van der Waals surface area contributed by atoms with Crippen molar-refractivity contribution in [2.45, 2.75) is 36.6 Å². The molecule has 0 aliphatic carbocycles. The smallest absolute Gasteiger partial charge is 0.243 e. The number of carbonyl (C=O) groups is 1. The Hall–Kier alpha value is -1.44. The lowest BCUT2D eigenvalue weighted by molar-refractivity contribution is -0.116. The highest BCUT2D eigenvalue weighted by atomic mass is 32.2. The van der Waals surface area contributed by atoms with Crippen LogP contribution in [0.5, 0.6) is 0 Å².